The van der Waals surface area contributed by atoms with Gasteiger partial charge in [-0.1, -0.05) is 30.3 Å². The summed E-state index contributed by atoms with van der Waals surface area (Å²) in [6.45, 7) is 2.89. The number of aromatic amines is 1. The monoisotopic (exact) mass is 313 g/mol. The van der Waals surface area contributed by atoms with E-state index in [0.717, 1.165) is 12.0 Å². The summed E-state index contributed by atoms with van der Waals surface area (Å²) < 4.78 is 5.81. The highest BCUT2D eigenvalue weighted by atomic mass is 16.5. The molecular formula is C17H19N3O3. The van der Waals surface area contributed by atoms with E-state index in [1.54, 1.807) is 13.0 Å². The fourth-order valence-corrected chi connectivity index (χ4v) is 2.86. The zero-order valence-electron chi connectivity index (χ0n) is 12.9. The first kappa shape index (κ1) is 15.4. The molecular weight excluding hydrogens is 294 g/mol. The normalized spacial score (nSPS) is 20.4. The zero-order valence-corrected chi connectivity index (χ0v) is 12.9. The topological polar surface area (TPSA) is 84.1 Å². The first-order valence-electron chi connectivity index (χ1n) is 7.66. The highest BCUT2D eigenvalue weighted by Crippen LogP contribution is 2.33. The van der Waals surface area contributed by atoms with Crippen LogP contribution >= 0.6 is 0 Å². The Balaban J connectivity index is 1.65. The lowest BCUT2D eigenvalue weighted by atomic mass is 9.95. The molecule has 0 spiro atoms. The standard InChI is InChI=1S/C17H19N3O3/c1-11-9-14(20-17(22)19-11)16(21)18-10-13-7-8-23-15(13)12-5-3-2-4-6-12/h2-6,9,13,15H,7-8,10H2,1H3,(H,18,21)(H,19,20,22)/t13-,15-/m1/s1. The van der Waals surface area contributed by atoms with Crippen molar-refractivity contribution in [1.29, 1.82) is 0 Å². The van der Waals surface area contributed by atoms with Crippen LogP contribution in [-0.4, -0.2) is 29.0 Å². The molecule has 2 N–H and O–H groups in total. The Morgan fingerprint density at radius 3 is 2.91 bits per heavy atom. The second-order valence-corrected chi connectivity index (χ2v) is 5.72. The van der Waals surface area contributed by atoms with E-state index in [2.05, 4.69) is 15.3 Å². The number of amides is 1. The predicted molar refractivity (Wildman–Crippen MR) is 85.2 cm³/mol. The largest absolute Gasteiger partial charge is 0.373 e. The van der Waals surface area contributed by atoms with Gasteiger partial charge in [-0.15, -0.1) is 0 Å². The number of nitrogens with one attached hydrogen (secondary N) is 2. The molecule has 1 aromatic heterocycles. The summed E-state index contributed by atoms with van der Waals surface area (Å²) >= 11 is 0. The van der Waals surface area contributed by atoms with Gasteiger partial charge in [-0.25, -0.2) is 4.79 Å². The molecule has 1 amide bonds. The molecule has 0 bridgehead atoms. The number of benzene rings is 1. The Bertz CT molecular complexity index is 742. The highest BCUT2D eigenvalue weighted by molar-refractivity contribution is 5.92. The molecule has 0 aliphatic carbocycles. The van der Waals surface area contributed by atoms with Gasteiger partial charge in [0.1, 0.15) is 5.69 Å². The van der Waals surface area contributed by atoms with E-state index in [4.69, 9.17) is 4.74 Å². The Hall–Kier alpha value is -2.47. The summed E-state index contributed by atoms with van der Waals surface area (Å²) in [5.41, 5.74) is 1.36. The maximum atomic E-state index is 12.2. The SMILES string of the molecule is Cc1cc(C(=O)NC[C@H]2CCO[C@@H]2c2ccccc2)nc(=O)[nH]1. The highest BCUT2D eigenvalue weighted by Gasteiger charge is 2.29. The molecule has 1 saturated heterocycles. The Morgan fingerprint density at radius 1 is 1.39 bits per heavy atom. The van der Waals surface area contributed by atoms with Crippen LogP contribution in [0, 0.1) is 12.8 Å². The molecule has 120 valence electrons. The molecule has 2 atom stereocenters. The molecule has 2 aromatic rings. The number of aryl methyl sites for hydroxylation is 1. The molecule has 1 aromatic carbocycles. The predicted octanol–water partition coefficient (Wildman–Crippen LogP) is 1.59. The molecule has 2 heterocycles. The van der Waals surface area contributed by atoms with Crippen molar-refractivity contribution in [3.8, 4) is 0 Å². The average molecular weight is 313 g/mol. The molecule has 0 radical (unpaired) electrons. The second kappa shape index (κ2) is 6.75. The second-order valence-electron chi connectivity index (χ2n) is 5.72. The number of carbonyl (C=O) groups excluding carboxylic acids is 1. The lowest BCUT2D eigenvalue weighted by Crippen LogP contribution is -2.32. The van der Waals surface area contributed by atoms with Gasteiger partial charge in [0.2, 0.25) is 0 Å². The maximum Gasteiger partial charge on any atom is 0.345 e. The lowest BCUT2D eigenvalue weighted by Gasteiger charge is -2.19. The van der Waals surface area contributed by atoms with Crippen LogP contribution in [0.4, 0.5) is 0 Å². The molecule has 0 saturated carbocycles. The van der Waals surface area contributed by atoms with Crippen molar-refractivity contribution in [3.63, 3.8) is 0 Å². The van der Waals surface area contributed by atoms with Crippen LogP contribution in [0.3, 0.4) is 0 Å². The molecule has 3 rings (SSSR count). The van der Waals surface area contributed by atoms with Crippen LogP contribution in [0.15, 0.2) is 41.2 Å². The minimum Gasteiger partial charge on any atom is -0.373 e. The Kier molecular flexibility index (Phi) is 4.52. The quantitative estimate of drug-likeness (QED) is 0.897. The van der Waals surface area contributed by atoms with Crippen molar-refractivity contribution in [2.75, 3.05) is 13.2 Å². The van der Waals surface area contributed by atoms with Gasteiger partial charge in [-0.2, -0.15) is 4.98 Å². The molecule has 0 unspecified atom stereocenters. The van der Waals surface area contributed by atoms with Crippen LogP contribution < -0.4 is 11.0 Å². The van der Waals surface area contributed by atoms with Gasteiger partial charge in [0.05, 0.1) is 6.10 Å². The first-order chi connectivity index (χ1) is 11.1. The van der Waals surface area contributed by atoms with Crippen LogP contribution in [0.1, 0.15) is 34.3 Å². The van der Waals surface area contributed by atoms with E-state index in [0.29, 0.717) is 18.8 Å². The van der Waals surface area contributed by atoms with E-state index in [1.165, 1.54) is 0 Å². The summed E-state index contributed by atoms with van der Waals surface area (Å²) in [5, 5.41) is 2.86. The third-order valence-electron chi connectivity index (χ3n) is 3.98. The number of ether oxygens (including phenoxy) is 1. The van der Waals surface area contributed by atoms with E-state index in [-0.39, 0.29) is 23.6 Å². The number of hydrogen-bond donors (Lipinski definition) is 2. The van der Waals surface area contributed by atoms with E-state index < -0.39 is 5.69 Å². The van der Waals surface area contributed by atoms with Gasteiger partial charge in [-0.3, -0.25) is 4.79 Å². The van der Waals surface area contributed by atoms with Crippen LogP contribution in [0.2, 0.25) is 0 Å². The van der Waals surface area contributed by atoms with E-state index in [1.807, 2.05) is 30.3 Å². The van der Waals surface area contributed by atoms with Crippen molar-refractivity contribution in [2.45, 2.75) is 19.4 Å². The summed E-state index contributed by atoms with van der Waals surface area (Å²) in [4.78, 5) is 29.8. The summed E-state index contributed by atoms with van der Waals surface area (Å²) in [6, 6.07) is 11.6. The number of H-pyrrole nitrogens is 1. The number of rotatable bonds is 4. The minimum absolute atomic E-state index is 0.00892. The lowest BCUT2D eigenvalue weighted by molar-refractivity contribution is 0.0843. The van der Waals surface area contributed by atoms with Gasteiger partial charge in [-0.05, 0) is 25.0 Å². The van der Waals surface area contributed by atoms with Gasteiger partial charge in [0, 0.05) is 24.8 Å². The van der Waals surface area contributed by atoms with Crippen LogP contribution in [0.5, 0.6) is 0 Å². The third-order valence-corrected chi connectivity index (χ3v) is 3.98. The van der Waals surface area contributed by atoms with E-state index in [9.17, 15) is 9.59 Å². The fourth-order valence-electron chi connectivity index (χ4n) is 2.86. The third kappa shape index (κ3) is 3.65. The molecule has 6 nitrogen and oxygen atoms in total. The van der Waals surface area contributed by atoms with Crippen LogP contribution in [0.25, 0.3) is 0 Å². The fraction of sp³-hybridized carbons (Fsp3) is 0.353. The van der Waals surface area contributed by atoms with E-state index >= 15 is 0 Å². The Morgan fingerprint density at radius 2 is 2.17 bits per heavy atom. The van der Waals surface area contributed by atoms with Crippen molar-refractivity contribution in [3.05, 3.63) is 63.8 Å². The summed E-state index contributed by atoms with van der Waals surface area (Å²) in [5.74, 6) is -0.123. The number of aromatic nitrogens is 2. The van der Waals surface area contributed by atoms with Crippen molar-refractivity contribution in [2.24, 2.45) is 5.92 Å². The minimum atomic E-state index is -0.512. The number of carbonyl (C=O) groups is 1. The average Bonchev–Trinajstić information content (AvgIpc) is 3.01. The smallest absolute Gasteiger partial charge is 0.345 e. The molecule has 1 aliphatic heterocycles. The number of nitrogens with zero attached hydrogens (tertiary/aromatic N) is 1. The molecule has 23 heavy (non-hydrogen) atoms. The van der Waals surface area contributed by atoms with Crippen LogP contribution in [-0.2, 0) is 4.74 Å². The van der Waals surface area contributed by atoms with Gasteiger partial charge in [0.25, 0.3) is 5.91 Å². The van der Waals surface area contributed by atoms with Gasteiger partial charge < -0.3 is 15.0 Å². The summed E-state index contributed by atoms with van der Waals surface area (Å²) in [7, 11) is 0. The van der Waals surface area contributed by atoms with Gasteiger partial charge in [0.15, 0.2) is 0 Å². The summed E-state index contributed by atoms with van der Waals surface area (Å²) in [6.07, 6.45) is 0.882. The van der Waals surface area contributed by atoms with Crippen molar-refractivity contribution >= 4 is 5.91 Å². The molecule has 6 heteroatoms. The maximum absolute atomic E-state index is 12.2. The van der Waals surface area contributed by atoms with Crippen molar-refractivity contribution in [1.82, 2.24) is 15.3 Å². The Labute approximate surface area is 133 Å². The zero-order chi connectivity index (χ0) is 16.2. The first-order valence-corrected chi connectivity index (χ1v) is 7.66. The van der Waals surface area contributed by atoms with Crippen molar-refractivity contribution < 1.29 is 9.53 Å². The number of hydrogen-bond acceptors (Lipinski definition) is 4. The molecule has 1 aliphatic rings. The molecule has 1 fully saturated rings. The van der Waals surface area contributed by atoms with Gasteiger partial charge >= 0.3 is 5.69 Å².